The summed E-state index contributed by atoms with van der Waals surface area (Å²) in [7, 11) is 1.72. The molecule has 0 aromatic heterocycles. The van der Waals surface area contributed by atoms with Gasteiger partial charge >= 0.3 is 0 Å². The number of nitrogens with one attached hydrogen (secondary N) is 1. The molecule has 5 nitrogen and oxygen atoms in total. The smallest absolute Gasteiger partial charge is 0.255 e. The molecule has 1 N–H and O–H groups in total. The van der Waals surface area contributed by atoms with E-state index in [1.54, 1.807) is 7.11 Å². The third kappa shape index (κ3) is 6.27. The maximum absolute atomic E-state index is 13.0. The number of benzene rings is 3. The fraction of sp³-hybridized carbons (Fsp3) is 0.387. The molecule has 0 bridgehead atoms. The molecule has 1 aliphatic heterocycles. The summed E-state index contributed by atoms with van der Waals surface area (Å²) < 4.78 is 11.4. The van der Waals surface area contributed by atoms with Crippen LogP contribution in [-0.2, 0) is 0 Å². The zero-order valence-electron chi connectivity index (χ0n) is 22.1. The van der Waals surface area contributed by atoms with Crippen molar-refractivity contribution in [2.45, 2.75) is 58.6 Å². The number of methoxy groups -OCH3 is 1. The number of nitrogens with zero attached hydrogens (tertiary/aromatic N) is 1. The van der Waals surface area contributed by atoms with E-state index < -0.39 is 0 Å². The van der Waals surface area contributed by atoms with Gasteiger partial charge in [-0.15, -0.1) is 0 Å². The van der Waals surface area contributed by atoms with E-state index in [0.29, 0.717) is 17.5 Å². The molecule has 1 aliphatic rings. The van der Waals surface area contributed by atoms with E-state index in [-0.39, 0.29) is 12.0 Å². The van der Waals surface area contributed by atoms with Gasteiger partial charge in [-0.25, -0.2) is 0 Å². The van der Waals surface area contributed by atoms with Gasteiger partial charge in [-0.05, 0) is 119 Å². The number of hydrogen-bond donors (Lipinski definition) is 1. The molecule has 1 fully saturated rings. The quantitative estimate of drug-likeness (QED) is 0.373. The van der Waals surface area contributed by atoms with Crippen LogP contribution in [-0.4, -0.2) is 43.2 Å². The fourth-order valence-electron chi connectivity index (χ4n) is 4.87. The third-order valence-corrected chi connectivity index (χ3v) is 6.89. The molecule has 3 aromatic rings. The molecular formula is C31H38N2O3. The van der Waals surface area contributed by atoms with E-state index in [2.05, 4.69) is 30.1 Å². The number of anilines is 1. The Labute approximate surface area is 215 Å². The average molecular weight is 487 g/mol. The van der Waals surface area contributed by atoms with E-state index in [0.717, 1.165) is 54.2 Å². The lowest BCUT2D eigenvalue weighted by atomic mass is 9.88. The lowest BCUT2D eigenvalue weighted by Crippen LogP contribution is -2.37. The molecule has 0 saturated carbocycles. The largest absolute Gasteiger partial charge is 0.496 e. The fourth-order valence-corrected chi connectivity index (χ4v) is 4.87. The zero-order valence-corrected chi connectivity index (χ0v) is 22.1. The highest BCUT2D eigenvalue weighted by atomic mass is 16.5. The van der Waals surface area contributed by atoms with Gasteiger partial charge < -0.3 is 19.7 Å². The first-order valence-corrected chi connectivity index (χ1v) is 12.9. The number of ether oxygens (including phenoxy) is 2. The minimum atomic E-state index is -0.118. The monoisotopic (exact) mass is 486 g/mol. The second kappa shape index (κ2) is 11.6. The SMILES string of the molecule is COc1ccc(NC(=O)c2ccc(-c3ccc(OC(C)C)cc3)cc2)cc1C1CCN(C(C)C)CC1. The number of hydrogen-bond acceptors (Lipinski definition) is 4. The first kappa shape index (κ1) is 25.8. The number of rotatable bonds is 8. The van der Waals surface area contributed by atoms with E-state index in [1.807, 2.05) is 74.5 Å². The zero-order chi connectivity index (χ0) is 25.7. The van der Waals surface area contributed by atoms with Gasteiger partial charge in [0.15, 0.2) is 0 Å². The average Bonchev–Trinajstić information content (AvgIpc) is 2.89. The first-order valence-electron chi connectivity index (χ1n) is 12.9. The summed E-state index contributed by atoms with van der Waals surface area (Å²) in [4.78, 5) is 15.5. The van der Waals surface area contributed by atoms with Crippen LogP contribution in [0.4, 0.5) is 5.69 Å². The molecule has 0 radical (unpaired) electrons. The number of piperidine rings is 1. The Morgan fingerprint density at radius 3 is 2.06 bits per heavy atom. The highest BCUT2D eigenvalue weighted by Crippen LogP contribution is 2.36. The van der Waals surface area contributed by atoms with Crippen molar-refractivity contribution < 1.29 is 14.3 Å². The summed E-state index contributed by atoms with van der Waals surface area (Å²) in [5.41, 5.74) is 4.75. The van der Waals surface area contributed by atoms with Crippen LogP contribution >= 0.6 is 0 Å². The van der Waals surface area contributed by atoms with Crippen molar-refractivity contribution in [2.24, 2.45) is 0 Å². The summed E-state index contributed by atoms with van der Waals surface area (Å²) in [5, 5.41) is 3.08. The van der Waals surface area contributed by atoms with Gasteiger partial charge in [0.2, 0.25) is 0 Å². The molecule has 3 aromatic carbocycles. The van der Waals surface area contributed by atoms with Crippen LogP contribution in [0.15, 0.2) is 66.7 Å². The number of carbonyl (C=O) groups excluding carboxylic acids is 1. The van der Waals surface area contributed by atoms with Crippen LogP contribution in [0, 0.1) is 0 Å². The van der Waals surface area contributed by atoms with Crippen molar-refractivity contribution in [3.8, 4) is 22.6 Å². The van der Waals surface area contributed by atoms with Gasteiger partial charge in [-0.2, -0.15) is 0 Å². The lowest BCUT2D eigenvalue weighted by molar-refractivity contribution is 0.102. The molecule has 0 spiro atoms. The molecule has 1 heterocycles. The molecule has 0 aliphatic carbocycles. The van der Waals surface area contributed by atoms with E-state index in [9.17, 15) is 4.79 Å². The van der Waals surface area contributed by atoms with Crippen LogP contribution in [0.5, 0.6) is 11.5 Å². The first-order chi connectivity index (χ1) is 17.3. The standard InChI is InChI=1S/C31H38N2O3/c1-21(2)33-18-16-25(17-19-33)29-20-27(12-15-30(29)35-5)32-31(34)26-8-6-23(7-9-26)24-10-13-28(14-11-24)36-22(3)4/h6-15,20-22,25H,16-19H2,1-5H3,(H,32,34). The van der Waals surface area contributed by atoms with E-state index in [1.165, 1.54) is 5.56 Å². The van der Waals surface area contributed by atoms with Crippen molar-refractivity contribution in [1.29, 1.82) is 0 Å². The molecule has 4 rings (SSSR count). The number of likely N-dealkylation sites (tertiary alicyclic amines) is 1. The topological polar surface area (TPSA) is 50.8 Å². The number of carbonyl (C=O) groups is 1. The maximum atomic E-state index is 13.0. The molecule has 1 saturated heterocycles. The second-order valence-corrected chi connectivity index (χ2v) is 10.1. The van der Waals surface area contributed by atoms with Crippen molar-refractivity contribution in [3.63, 3.8) is 0 Å². The van der Waals surface area contributed by atoms with Crippen molar-refractivity contribution >= 4 is 11.6 Å². The van der Waals surface area contributed by atoms with Gasteiger partial charge in [0.05, 0.1) is 13.2 Å². The maximum Gasteiger partial charge on any atom is 0.255 e. The molecule has 5 heteroatoms. The third-order valence-electron chi connectivity index (χ3n) is 6.89. The summed E-state index contributed by atoms with van der Waals surface area (Å²) in [6, 6.07) is 22.3. The van der Waals surface area contributed by atoms with Crippen molar-refractivity contribution in [2.75, 3.05) is 25.5 Å². The Balaban J connectivity index is 1.43. The van der Waals surface area contributed by atoms with E-state index in [4.69, 9.17) is 9.47 Å². The van der Waals surface area contributed by atoms with Crippen molar-refractivity contribution in [1.82, 2.24) is 4.90 Å². The predicted octanol–water partition coefficient (Wildman–Crippen LogP) is 6.99. The molecule has 1 amide bonds. The lowest BCUT2D eigenvalue weighted by Gasteiger charge is -2.35. The Bertz CT molecular complexity index is 1150. The van der Waals surface area contributed by atoms with Crippen LogP contribution in [0.1, 0.15) is 62.4 Å². The molecule has 0 unspecified atom stereocenters. The molecule has 190 valence electrons. The summed E-state index contributed by atoms with van der Waals surface area (Å²) >= 11 is 0. The predicted molar refractivity (Wildman–Crippen MR) is 147 cm³/mol. The van der Waals surface area contributed by atoms with Gasteiger partial charge in [0, 0.05) is 17.3 Å². The highest BCUT2D eigenvalue weighted by molar-refractivity contribution is 6.04. The summed E-state index contributed by atoms with van der Waals surface area (Å²) in [6.45, 7) is 10.7. The van der Waals surface area contributed by atoms with E-state index >= 15 is 0 Å². The minimum Gasteiger partial charge on any atom is -0.496 e. The van der Waals surface area contributed by atoms with Crippen molar-refractivity contribution in [3.05, 3.63) is 77.9 Å². The van der Waals surface area contributed by atoms with Gasteiger partial charge in [-0.1, -0.05) is 24.3 Å². The van der Waals surface area contributed by atoms with Crippen LogP contribution in [0.3, 0.4) is 0 Å². The van der Waals surface area contributed by atoms with Crippen LogP contribution in [0.2, 0.25) is 0 Å². The normalized spacial score (nSPS) is 14.8. The van der Waals surface area contributed by atoms with Gasteiger partial charge in [-0.3, -0.25) is 4.79 Å². The Hall–Kier alpha value is -3.31. The summed E-state index contributed by atoms with van der Waals surface area (Å²) in [5.74, 6) is 2.07. The Morgan fingerprint density at radius 2 is 1.50 bits per heavy atom. The second-order valence-electron chi connectivity index (χ2n) is 10.1. The van der Waals surface area contributed by atoms with Gasteiger partial charge in [0.25, 0.3) is 5.91 Å². The minimum absolute atomic E-state index is 0.118. The Kier molecular flexibility index (Phi) is 8.32. The van der Waals surface area contributed by atoms with Crippen LogP contribution < -0.4 is 14.8 Å². The summed E-state index contributed by atoms with van der Waals surface area (Å²) in [6.07, 6.45) is 2.34. The Morgan fingerprint density at radius 1 is 0.889 bits per heavy atom. The molecule has 36 heavy (non-hydrogen) atoms. The molecular weight excluding hydrogens is 448 g/mol. The number of amides is 1. The van der Waals surface area contributed by atoms with Gasteiger partial charge in [0.1, 0.15) is 11.5 Å². The van der Waals surface area contributed by atoms with Crippen LogP contribution in [0.25, 0.3) is 11.1 Å². The molecule has 0 atom stereocenters. The highest BCUT2D eigenvalue weighted by Gasteiger charge is 2.24.